The monoisotopic (exact) mass is 291 g/mol. The minimum absolute atomic E-state index is 0.289. The quantitative estimate of drug-likeness (QED) is 0.853. The Hall–Kier alpha value is -0.830. The highest BCUT2D eigenvalue weighted by atomic mass is 35.5. The molecule has 0 atom stereocenters. The molecule has 0 aromatic carbocycles. The van der Waals surface area contributed by atoms with Gasteiger partial charge in [0.15, 0.2) is 0 Å². The third-order valence-electron chi connectivity index (χ3n) is 5.55. The van der Waals surface area contributed by atoms with E-state index in [0.717, 1.165) is 35.7 Å². The third kappa shape index (κ3) is 2.20. The van der Waals surface area contributed by atoms with E-state index in [1.807, 2.05) is 0 Å². The molecule has 4 heteroatoms. The van der Waals surface area contributed by atoms with Crippen molar-refractivity contribution >= 4 is 17.4 Å². The van der Waals surface area contributed by atoms with Crippen LogP contribution in [0.15, 0.2) is 6.07 Å². The molecular weight excluding hydrogens is 270 g/mol. The van der Waals surface area contributed by atoms with Gasteiger partial charge in [0.05, 0.1) is 0 Å². The summed E-state index contributed by atoms with van der Waals surface area (Å²) in [5.41, 5.74) is 1.31. The topological polar surface area (TPSA) is 37.8 Å². The van der Waals surface area contributed by atoms with Gasteiger partial charge in [0, 0.05) is 17.3 Å². The highest BCUT2D eigenvalue weighted by Gasteiger charge is 2.51. The van der Waals surface area contributed by atoms with Crippen LogP contribution in [0.25, 0.3) is 0 Å². The van der Waals surface area contributed by atoms with Crippen molar-refractivity contribution in [2.75, 3.05) is 5.32 Å². The van der Waals surface area contributed by atoms with Crippen molar-refractivity contribution in [3.05, 3.63) is 17.0 Å². The first kappa shape index (κ1) is 12.9. The van der Waals surface area contributed by atoms with Gasteiger partial charge in [-0.15, -0.1) is 0 Å². The normalized spacial score (nSPS) is 38.2. The Balaban J connectivity index is 1.61. The Bertz CT molecular complexity index is 493. The van der Waals surface area contributed by atoms with Gasteiger partial charge in [0.1, 0.15) is 5.82 Å². The molecule has 0 saturated heterocycles. The van der Waals surface area contributed by atoms with Crippen LogP contribution in [0.3, 0.4) is 0 Å². The van der Waals surface area contributed by atoms with Crippen LogP contribution in [-0.4, -0.2) is 15.5 Å². The summed E-state index contributed by atoms with van der Waals surface area (Å²) >= 11 is 6.05. The summed E-state index contributed by atoms with van der Waals surface area (Å²) < 4.78 is 0. The van der Waals surface area contributed by atoms with Gasteiger partial charge in [-0.25, -0.2) is 9.97 Å². The molecule has 0 spiro atoms. The first-order valence-electron chi connectivity index (χ1n) is 7.96. The van der Waals surface area contributed by atoms with E-state index in [1.165, 1.54) is 38.5 Å². The molecule has 0 amide bonds. The first-order valence-corrected chi connectivity index (χ1v) is 8.33. The average Bonchev–Trinajstić information content (AvgIpc) is 2.35. The zero-order valence-electron chi connectivity index (χ0n) is 12.0. The Morgan fingerprint density at radius 1 is 1.15 bits per heavy atom. The predicted molar refractivity (Wildman–Crippen MR) is 80.9 cm³/mol. The lowest BCUT2D eigenvalue weighted by Crippen LogP contribution is -2.54. The molecule has 0 radical (unpaired) electrons. The Labute approximate surface area is 125 Å². The maximum Gasteiger partial charge on any atom is 0.224 e. The molecule has 1 N–H and O–H groups in total. The summed E-state index contributed by atoms with van der Waals surface area (Å²) in [4.78, 5) is 8.66. The van der Waals surface area contributed by atoms with Crippen LogP contribution in [0.4, 0.5) is 5.82 Å². The van der Waals surface area contributed by atoms with E-state index < -0.39 is 0 Å². The largest absolute Gasteiger partial charge is 0.364 e. The van der Waals surface area contributed by atoms with E-state index in [1.54, 1.807) is 0 Å². The van der Waals surface area contributed by atoms with Crippen molar-refractivity contribution in [3.63, 3.8) is 0 Å². The lowest BCUT2D eigenvalue weighted by molar-refractivity contribution is 0.0105. The van der Waals surface area contributed by atoms with Gasteiger partial charge >= 0.3 is 0 Å². The minimum atomic E-state index is 0.289. The van der Waals surface area contributed by atoms with Crippen molar-refractivity contribution in [2.24, 2.45) is 17.8 Å². The lowest BCUT2D eigenvalue weighted by Gasteiger charge is -2.57. The fourth-order valence-electron chi connectivity index (χ4n) is 5.25. The number of hydrogen-bond acceptors (Lipinski definition) is 3. The highest BCUT2D eigenvalue weighted by Crippen LogP contribution is 2.56. The molecule has 20 heavy (non-hydrogen) atoms. The van der Waals surface area contributed by atoms with Crippen LogP contribution < -0.4 is 5.32 Å². The summed E-state index contributed by atoms with van der Waals surface area (Å²) in [5.74, 6) is 3.76. The van der Waals surface area contributed by atoms with Crippen molar-refractivity contribution < 1.29 is 0 Å². The van der Waals surface area contributed by atoms with Gasteiger partial charge in [-0.2, -0.15) is 0 Å². The van der Waals surface area contributed by atoms with Crippen LogP contribution in [0.2, 0.25) is 5.28 Å². The number of halogens is 1. The summed E-state index contributed by atoms with van der Waals surface area (Å²) in [6.45, 7) is 2.10. The smallest absolute Gasteiger partial charge is 0.224 e. The Kier molecular flexibility index (Phi) is 2.95. The van der Waals surface area contributed by atoms with Gasteiger partial charge in [0.2, 0.25) is 5.28 Å². The number of hydrogen-bond donors (Lipinski definition) is 1. The van der Waals surface area contributed by atoms with Gasteiger partial charge in [0.25, 0.3) is 0 Å². The number of nitrogens with one attached hydrogen (secondary N) is 1. The molecule has 4 bridgehead atoms. The van der Waals surface area contributed by atoms with Crippen LogP contribution >= 0.6 is 11.6 Å². The summed E-state index contributed by atoms with van der Waals surface area (Å²) in [7, 11) is 0. The Morgan fingerprint density at radius 2 is 1.75 bits per heavy atom. The zero-order valence-corrected chi connectivity index (χ0v) is 12.8. The van der Waals surface area contributed by atoms with Crippen molar-refractivity contribution in [1.29, 1.82) is 0 Å². The number of aromatic nitrogens is 2. The second-order valence-electron chi connectivity index (χ2n) is 7.19. The molecule has 1 heterocycles. The van der Waals surface area contributed by atoms with E-state index in [2.05, 4.69) is 28.3 Å². The van der Waals surface area contributed by atoms with Gasteiger partial charge < -0.3 is 5.32 Å². The molecular formula is C16H22ClN3. The molecule has 0 unspecified atom stereocenters. The van der Waals surface area contributed by atoms with Crippen molar-refractivity contribution in [3.8, 4) is 0 Å². The maximum atomic E-state index is 6.05. The zero-order chi connectivity index (χ0) is 13.7. The van der Waals surface area contributed by atoms with Gasteiger partial charge in [-0.3, -0.25) is 0 Å². The lowest BCUT2D eigenvalue weighted by atomic mass is 9.53. The fourth-order valence-corrected chi connectivity index (χ4v) is 5.45. The molecule has 5 rings (SSSR count). The maximum absolute atomic E-state index is 6.05. The fraction of sp³-hybridized carbons (Fsp3) is 0.750. The highest BCUT2D eigenvalue weighted by molar-refractivity contribution is 6.28. The second-order valence-corrected chi connectivity index (χ2v) is 7.53. The molecule has 1 aromatic heterocycles. The first-order chi connectivity index (χ1) is 9.64. The van der Waals surface area contributed by atoms with Crippen LogP contribution in [0.5, 0.6) is 0 Å². The SMILES string of the molecule is CCc1cc(NC23CC4CC(CC(C4)C2)C3)nc(Cl)n1. The standard InChI is InChI=1S/C16H22ClN3/c1-2-13-6-14(19-15(17)18-13)20-16-7-10-3-11(8-16)5-12(4-10)9-16/h6,10-12H,2-5,7-9H2,1H3,(H,18,19,20). The summed E-state index contributed by atoms with van der Waals surface area (Å²) in [6.07, 6.45) is 9.26. The number of anilines is 1. The molecule has 108 valence electrons. The molecule has 1 aromatic rings. The molecule has 4 aliphatic carbocycles. The number of aryl methyl sites for hydroxylation is 1. The molecule has 4 saturated carbocycles. The van der Waals surface area contributed by atoms with Crippen molar-refractivity contribution in [2.45, 2.75) is 57.4 Å². The van der Waals surface area contributed by atoms with Crippen LogP contribution in [0.1, 0.15) is 51.1 Å². The van der Waals surface area contributed by atoms with E-state index in [0.29, 0.717) is 5.28 Å². The Morgan fingerprint density at radius 3 is 2.30 bits per heavy atom. The molecule has 0 aliphatic heterocycles. The minimum Gasteiger partial charge on any atom is -0.364 e. The summed E-state index contributed by atoms with van der Waals surface area (Å²) in [6, 6.07) is 2.07. The van der Waals surface area contributed by atoms with Crippen LogP contribution in [0, 0.1) is 17.8 Å². The van der Waals surface area contributed by atoms with E-state index in [4.69, 9.17) is 11.6 Å². The van der Waals surface area contributed by atoms with Gasteiger partial charge in [-0.05, 0) is 74.3 Å². The number of nitrogens with zero attached hydrogens (tertiary/aromatic N) is 2. The molecule has 3 nitrogen and oxygen atoms in total. The number of rotatable bonds is 3. The van der Waals surface area contributed by atoms with Crippen LogP contribution in [-0.2, 0) is 6.42 Å². The average molecular weight is 292 g/mol. The van der Waals surface area contributed by atoms with E-state index in [-0.39, 0.29) is 5.54 Å². The molecule has 4 aliphatic rings. The molecule has 4 fully saturated rings. The van der Waals surface area contributed by atoms with Crippen molar-refractivity contribution in [1.82, 2.24) is 9.97 Å². The third-order valence-corrected chi connectivity index (χ3v) is 5.71. The summed E-state index contributed by atoms with van der Waals surface area (Å²) in [5, 5.41) is 4.14. The van der Waals surface area contributed by atoms with E-state index in [9.17, 15) is 0 Å². The predicted octanol–water partition coefficient (Wildman–Crippen LogP) is 4.07. The van der Waals surface area contributed by atoms with E-state index >= 15 is 0 Å². The van der Waals surface area contributed by atoms with Gasteiger partial charge in [-0.1, -0.05) is 6.92 Å². The second kappa shape index (κ2) is 4.59.